The molecule has 1 fully saturated rings. The molecule has 7 heteroatoms. The van der Waals surface area contributed by atoms with Crippen LogP contribution in [0.4, 0.5) is 0 Å². The Balaban J connectivity index is 1.81. The lowest BCUT2D eigenvalue weighted by atomic mass is 9.99. The summed E-state index contributed by atoms with van der Waals surface area (Å²) < 4.78 is 4.90. The molecule has 27 heavy (non-hydrogen) atoms. The SMILES string of the molecule is CCNC(=NCCCNC(=O)c1ccccc1)N1CC(C)C(C(=O)OC)C1. The Morgan fingerprint density at radius 1 is 1.22 bits per heavy atom. The van der Waals surface area contributed by atoms with E-state index in [1.165, 1.54) is 7.11 Å². The van der Waals surface area contributed by atoms with Crippen LogP contribution in [-0.2, 0) is 9.53 Å². The molecule has 1 heterocycles. The number of guanidine groups is 1. The fourth-order valence-electron chi connectivity index (χ4n) is 3.18. The third-order valence-electron chi connectivity index (χ3n) is 4.67. The highest BCUT2D eigenvalue weighted by Gasteiger charge is 2.36. The summed E-state index contributed by atoms with van der Waals surface area (Å²) in [6.07, 6.45) is 0.747. The number of carbonyl (C=O) groups excluding carboxylic acids is 2. The molecule has 0 aromatic heterocycles. The van der Waals surface area contributed by atoms with Crippen molar-refractivity contribution in [3.63, 3.8) is 0 Å². The number of nitrogens with one attached hydrogen (secondary N) is 2. The second kappa shape index (κ2) is 10.5. The van der Waals surface area contributed by atoms with Crippen molar-refractivity contribution in [1.82, 2.24) is 15.5 Å². The molecule has 2 unspecified atom stereocenters. The third-order valence-corrected chi connectivity index (χ3v) is 4.67. The van der Waals surface area contributed by atoms with Crippen molar-refractivity contribution < 1.29 is 14.3 Å². The number of hydrogen-bond donors (Lipinski definition) is 2. The largest absolute Gasteiger partial charge is 0.469 e. The minimum Gasteiger partial charge on any atom is -0.469 e. The monoisotopic (exact) mass is 374 g/mol. The van der Waals surface area contributed by atoms with Crippen LogP contribution in [0.25, 0.3) is 0 Å². The van der Waals surface area contributed by atoms with Crippen LogP contribution in [0.1, 0.15) is 30.6 Å². The first kappa shape index (κ1) is 20.7. The lowest BCUT2D eigenvalue weighted by molar-refractivity contribution is -0.145. The highest BCUT2D eigenvalue weighted by Crippen LogP contribution is 2.24. The molecule has 1 amide bonds. The summed E-state index contributed by atoms with van der Waals surface area (Å²) >= 11 is 0. The molecule has 0 spiro atoms. The molecule has 0 saturated carbocycles. The Bertz CT molecular complexity index is 648. The van der Waals surface area contributed by atoms with Gasteiger partial charge in [-0.2, -0.15) is 0 Å². The Morgan fingerprint density at radius 2 is 1.96 bits per heavy atom. The molecule has 2 rings (SSSR count). The standard InChI is InChI=1S/C20H30N4O3/c1-4-21-20(24-13-15(2)17(14-24)19(26)27-3)23-12-8-11-22-18(25)16-9-6-5-7-10-16/h5-7,9-10,15,17H,4,8,11-14H2,1-3H3,(H,21,23)(H,22,25). The van der Waals surface area contributed by atoms with Gasteiger partial charge in [0.15, 0.2) is 5.96 Å². The van der Waals surface area contributed by atoms with Gasteiger partial charge in [-0.15, -0.1) is 0 Å². The van der Waals surface area contributed by atoms with Gasteiger partial charge in [-0.25, -0.2) is 0 Å². The molecule has 0 aliphatic carbocycles. The summed E-state index contributed by atoms with van der Waals surface area (Å²) in [6, 6.07) is 9.17. The summed E-state index contributed by atoms with van der Waals surface area (Å²) in [5.74, 6) is 0.686. The Morgan fingerprint density at radius 3 is 2.63 bits per heavy atom. The zero-order valence-electron chi connectivity index (χ0n) is 16.4. The number of carbonyl (C=O) groups is 2. The predicted octanol–water partition coefficient (Wildman–Crippen LogP) is 1.51. The number of ether oxygens (including phenoxy) is 1. The smallest absolute Gasteiger partial charge is 0.310 e. The van der Waals surface area contributed by atoms with Crippen molar-refractivity contribution in [1.29, 1.82) is 0 Å². The number of esters is 1. The summed E-state index contributed by atoms with van der Waals surface area (Å²) in [6.45, 7) is 7.40. The zero-order chi connectivity index (χ0) is 19.6. The molecule has 1 aromatic carbocycles. The topological polar surface area (TPSA) is 83.0 Å². The molecule has 7 nitrogen and oxygen atoms in total. The van der Waals surface area contributed by atoms with E-state index in [2.05, 4.69) is 27.4 Å². The summed E-state index contributed by atoms with van der Waals surface area (Å²) in [5, 5.41) is 6.19. The van der Waals surface area contributed by atoms with Crippen LogP contribution in [0.5, 0.6) is 0 Å². The first-order chi connectivity index (χ1) is 13.1. The molecule has 148 valence electrons. The van der Waals surface area contributed by atoms with E-state index >= 15 is 0 Å². The second-order valence-corrected chi connectivity index (χ2v) is 6.72. The lowest BCUT2D eigenvalue weighted by Crippen LogP contribution is -2.40. The number of hydrogen-bond acceptors (Lipinski definition) is 4. The maximum absolute atomic E-state index is 12.0. The average molecular weight is 374 g/mol. The van der Waals surface area contributed by atoms with Crippen molar-refractivity contribution in [2.75, 3.05) is 39.8 Å². The molecule has 1 saturated heterocycles. The molecule has 1 aliphatic heterocycles. The fourth-order valence-corrected chi connectivity index (χ4v) is 3.18. The second-order valence-electron chi connectivity index (χ2n) is 6.72. The van der Waals surface area contributed by atoms with Gasteiger partial charge in [0, 0.05) is 38.3 Å². The van der Waals surface area contributed by atoms with Gasteiger partial charge >= 0.3 is 5.97 Å². The molecule has 2 atom stereocenters. The van der Waals surface area contributed by atoms with Crippen molar-refractivity contribution in [2.24, 2.45) is 16.8 Å². The first-order valence-corrected chi connectivity index (χ1v) is 9.51. The summed E-state index contributed by atoms with van der Waals surface area (Å²) in [4.78, 5) is 30.6. The van der Waals surface area contributed by atoms with E-state index in [0.717, 1.165) is 25.5 Å². The van der Waals surface area contributed by atoms with Crippen molar-refractivity contribution in [3.05, 3.63) is 35.9 Å². The minimum absolute atomic E-state index is 0.0687. The van der Waals surface area contributed by atoms with Gasteiger partial charge in [0.05, 0.1) is 13.0 Å². The number of aliphatic imine (C=N–C) groups is 1. The van der Waals surface area contributed by atoms with Gasteiger partial charge in [-0.05, 0) is 31.4 Å². The number of rotatable bonds is 7. The number of amides is 1. The van der Waals surface area contributed by atoms with Crippen LogP contribution in [0.2, 0.25) is 0 Å². The zero-order valence-corrected chi connectivity index (χ0v) is 16.4. The van der Waals surface area contributed by atoms with Crippen LogP contribution < -0.4 is 10.6 Å². The lowest BCUT2D eigenvalue weighted by Gasteiger charge is -2.21. The highest BCUT2D eigenvalue weighted by molar-refractivity contribution is 5.94. The number of nitrogens with zero attached hydrogens (tertiary/aromatic N) is 2. The maximum atomic E-state index is 12.0. The van der Waals surface area contributed by atoms with Gasteiger partial charge in [0.2, 0.25) is 0 Å². The van der Waals surface area contributed by atoms with E-state index in [9.17, 15) is 9.59 Å². The molecule has 1 aromatic rings. The third kappa shape index (κ3) is 5.98. The maximum Gasteiger partial charge on any atom is 0.310 e. The number of likely N-dealkylation sites (tertiary alicyclic amines) is 1. The Labute approximate surface area is 161 Å². The van der Waals surface area contributed by atoms with Crippen LogP contribution in [0, 0.1) is 11.8 Å². The van der Waals surface area contributed by atoms with E-state index in [-0.39, 0.29) is 23.7 Å². The molecule has 0 bridgehead atoms. The van der Waals surface area contributed by atoms with E-state index in [1.54, 1.807) is 12.1 Å². The van der Waals surface area contributed by atoms with Gasteiger partial charge in [0.1, 0.15) is 0 Å². The van der Waals surface area contributed by atoms with Crippen LogP contribution in [0.3, 0.4) is 0 Å². The minimum atomic E-state index is -0.163. The van der Waals surface area contributed by atoms with Gasteiger partial charge in [-0.1, -0.05) is 25.1 Å². The van der Waals surface area contributed by atoms with Crippen molar-refractivity contribution in [2.45, 2.75) is 20.3 Å². The quantitative estimate of drug-likeness (QED) is 0.327. The first-order valence-electron chi connectivity index (χ1n) is 9.51. The molecular weight excluding hydrogens is 344 g/mol. The summed E-state index contributed by atoms with van der Waals surface area (Å²) in [5.41, 5.74) is 0.661. The van der Waals surface area contributed by atoms with Gasteiger partial charge < -0.3 is 20.3 Å². The molecule has 2 N–H and O–H groups in total. The van der Waals surface area contributed by atoms with Gasteiger partial charge in [-0.3, -0.25) is 14.6 Å². The molecular formula is C20H30N4O3. The number of benzene rings is 1. The van der Waals surface area contributed by atoms with Crippen molar-refractivity contribution >= 4 is 17.8 Å². The predicted molar refractivity (Wildman–Crippen MR) is 106 cm³/mol. The van der Waals surface area contributed by atoms with E-state index < -0.39 is 0 Å². The fraction of sp³-hybridized carbons (Fsp3) is 0.550. The average Bonchev–Trinajstić information content (AvgIpc) is 3.08. The Kier molecular flexibility index (Phi) is 8.10. The highest BCUT2D eigenvalue weighted by atomic mass is 16.5. The Hall–Kier alpha value is -2.57. The summed E-state index contributed by atoms with van der Waals surface area (Å²) in [7, 11) is 1.43. The van der Waals surface area contributed by atoms with Gasteiger partial charge in [0.25, 0.3) is 5.91 Å². The van der Waals surface area contributed by atoms with Crippen LogP contribution >= 0.6 is 0 Å². The van der Waals surface area contributed by atoms with E-state index in [1.807, 2.05) is 25.1 Å². The molecule has 1 aliphatic rings. The normalized spacial score (nSPS) is 19.7. The van der Waals surface area contributed by atoms with E-state index in [4.69, 9.17) is 4.74 Å². The number of methoxy groups -OCH3 is 1. The van der Waals surface area contributed by atoms with E-state index in [0.29, 0.717) is 25.2 Å². The molecule has 0 radical (unpaired) electrons. The van der Waals surface area contributed by atoms with Crippen LogP contribution in [-0.4, -0.2) is 62.6 Å². The van der Waals surface area contributed by atoms with Crippen LogP contribution in [0.15, 0.2) is 35.3 Å². The van der Waals surface area contributed by atoms with Crippen molar-refractivity contribution in [3.8, 4) is 0 Å².